The zero-order valence-corrected chi connectivity index (χ0v) is 17.4. The van der Waals surface area contributed by atoms with E-state index in [1.54, 1.807) is 6.92 Å². The molecule has 0 amide bonds. The molecule has 0 aliphatic rings. The highest BCUT2D eigenvalue weighted by Gasteiger charge is 2.08. The highest BCUT2D eigenvalue weighted by molar-refractivity contribution is 5.89. The standard InChI is InChI=1S/C12H18O4.C11H12O2/c1-4-5-8-16-12(15)10(3)7-6-9(2)11(13)14;1-9(2)11(12)13-8-10-6-4-3-5-7-10/h6H,3-5,7-8H2,1-2H3,(H,13,14);3-7H,1,8H2,2H3. The number of rotatable bonds is 10. The summed E-state index contributed by atoms with van der Waals surface area (Å²) in [4.78, 5) is 32.8. The first kappa shape index (κ1) is 25.9. The van der Waals surface area contributed by atoms with E-state index in [-0.39, 0.29) is 23.5 Å². The monoisotopic (exact) mass is 402 g/mol. The van der Waals surface area contributed by atoms with Gasteiger partial charge in [-0.1, -0.05) is 62.9 Å². The van der Waals surface area contributed by atoms with Crippen molar-refractivity contribution < 1.29 is 29.0 Å². The van der Waals surface area contributed by atoms with Gasteiger partial charge >= 0.3 is 17.9 Å². The molecular weight excluding hydrogens is 372 g/mol. The molecule has 0 fully saturated rings. The number of hydrogen-bond donors (Lipinski definition) is 1. The average molecular weight is 402 g/mol. The van der Waals surface area contributed by atoms with Gasteiger partial charge in [-0.05, 0) is 32.3 Å². The summed E-state index contributed by atoms with van der Waals surface area (Å²) in [5.41, 5.74) is 1.88. The Hall–Kier alpha value is -3.15. The van der Waals surface area contributed by atoms with Crippen molar-refractivity contribution >= 4 is 17.9 Å². The maximum absolute atomic E-state index is 11.3. The van der Waals surface area contributed by atoms with Gasteiger partial charge in [0.05, 0.1) is 6.61 Å². The number of esters is 2. The summed E-state index contributed by atoms with van der Waals surface area (Å²) in [7, 11) is 0. The van der Waals surface area contributed by atoms with E-state index < -0.39 is 11.9 Å². The Morgan fingerprint density at radius 1 is 1.03 bits per heavy atom. The van der Waals surface area contributed by atoms with Crippen LogP contribution in [-0.4, -0.2) is 29.6 Å². The van der Waals surface area contributed by atoms with E-state index in [2.05, 4.69) is 13.2 Å². The molecule has 0 aromatic heterocycles. The topological polar surface area (TPSA) is 89.9 Å². The molecular formula is C23H30O6. The zero-order chi connectivity index (χ0) is 22.2. The molecule has 0 radical (unpaired) electrons. The van der Waals surface area contributed by atoms with Crippen LogP contribution < -0.4 is 0 Å². The Morgan fingerprint density at radius 2 is 1.66 bits per heavy atom. The van der Waals surface area contributed by atoms with Crippen molar-refractivity contribution in [2.24, 2.45) is 0 Å². The minimum atomic E-state index is -0.993. The fourth-order valence-electron chi connectivity index (χ4n) is 1.70. The van der Waals surface area contributed by atoms with Crippen LogP contribution in [0, 0.1) is 0 Å². The molecule has 0 aliphatic heterocycles. The van der Waals surface area contributed by atoms with Crippen LogP contribution in [0.1, 0.15) is 45.6 Å². The molecule has 1 rings (SSSR count). The number of carboxylic acid groups (broad SMARTS) is 1. The van der Waals surface area contributed by atoms with Crippen LogP contribution >= 0.6 is 0 Å². The summed E-state index contributed by atoms with van der Waals surface area (Å²) in [5, 5.41) is 8.59. The lowest BCUT2D eigenvalue weighted by Crippen LogP contribution is -2.08. The third kappa shape index (κ3) is 12.8. The molecule has 158 valence electrons. The number of ether oxygens (including phenoxy) is 2. The molecule has 0 bridgehead atoms. The summed E-state index contributed by atoms with van der Waals surface area (Å²) in [5.74, 6) is -1.79. The maximum Gasteiger partial charge on any atom is 0.333 e. The van der Waals surface area contributed by atoms with Crippen molar-refractivity contribution in [2.45, 2.75) is 46.6 Å². The number of unbranched alkanes of at least 4 members (excludes halogenated alkanes) is 1. The number of benzene rings is 1. The van der Waals surface area contributed by atoms with Crippen molar-refractivity contribution in [1.29, 1.82) is 0 Å². The first-order valence-corrected chi connectivity index (χ1v) is 9.30. The van der Waals surface area contributed by atoms with E-state index in [4.69, 9.17) is 14.6 Å². The van der Waals surface area contributed by atoms with E-state index in [1.165, 1.54) is 13.0 Å². The number of allylic oxidation sites excluding steroid dienone is 1. The van der Waals surface area contributed by atoms with Crippen molar-refractivity contribution in [2.75, 3.05) is 6.61 Å². The van der Waals surface area contributed by atoms with Crippen molar-refractivity contribution in [3.63, 3.8) is 0 Å². The molecule has 1 N–H and O–H groups in total. The molecule has 0 atom stereocenters. The Labute approximate surface area is 172 Å². The highest BCUT2D eigenvalue weighted by atomic mass is 16.5. The van der Waals surface area contributed by atoms with Gasteiger partial charge in [0.1, 0.15) is 6.61 Å². The van der Waals surface area contributed by atoms with Crippen LogP contribution in [0.3, 0.4) is 0 Å². The Bertz CT molecular complexity index is 731. The van der Waals surface area contributed by atoms with Gasteiger partial charge in [0, 0.05) is 16.7 Å². The predicted octanol–water partition coefficient (Wildman–Crippen LogP) is 4.61. The number of carboxylic acids is 1. The lowest BCUT2D eigenvalue weighted by Gasteiger charge is -2.04. The SMILES string of the molecule is C=C(C)C(=O)OCc1ccccc1.C=C(CC=C(C)C(=O)O)C(=O)OCCCC. The van der Waals surface area contributed by atoms with Crippen molar-refractivity contribution in [1.82, 2.24) is 0 Å². The summed E-state index contributed by atoms with van der Waals surface area (Å²) in [6.07, 6.45) is 3.44. The van der Waals surface area contributed by atoms with E-state index in [1.807, 2.05) is 37.3 Å². The number of hydrogen-bond acceptors (Lipinski definition) is 5. The molecule has 0 aliphatic carbocycles. The van der Waals surface area contributed by atoms with Gasteiger partial charge in [-0.15, -0.1) is 0 Å². The molecule has 0 saturated carbocycles. The van der Waals surface area contributed by atoms with E-state index in [0.717, 1.165) is 18.4 Å². The molecule has 0 saturated heterocycles. The Morgan fingerprint density at radius 3 is 2.17 bits per heavy atom. The second-order valence-corrected chi connectivity index (χ2v) is 6.33. The normalized spacial score (nSPS) is 10.2. The van der Waals surface area contributed by atoms with Crippen LogP contribution in [-0.2, 0) is 30.5 Å². The summed E-state index contributed by atoms with van der Waals surface area (Å²) < 4.78 is 9.87. The number of aliphatic carboxylic acids is 1. The lowest BCUT2D eigenvalue weighted by atomic mass is 10.1. The molecule has 1 aromatic rings. The first-order chi connectivity index (χ1) is 13.7. The number of carbonyl (C=O) groups is 3. The quantitative estimate of drug-likeness (QED) is 0.349. The van der Waals surface area contributed by atoms with Crippen molar-refractivity contribution in [3.05, 3.63) is 71.8 Å². The predicted molar refractivity (Wildman–Crippen MR) is 112 cm³/mol. The summed E-state index contributed by atoms with van der Waals surface area (Å²) >= 11 is 0. The molecule has 29 heavy (non-hydrogen) atoms. The van der Waals surface area contributed by atoms with Gasteiger partial charge in [-0.3, -0.25) is 0 Å². The second-order valence-electron chi connectivity index (χ2n) is 6.33. The number of carbonyl (C=O) groups excluding carboxylic acids is 2. The Kier molecular flexibility index (Phi) is 13.2. The fraction of sp³-hybridized carbons (Fsp3) is 0.348. The highest BCUT2D eigenvalue weighted by Crippen LogP contribution is 2.06. The van der Waals surface area contributed by atoms with Crippen LogP contribution in [0.2, 0.25) is 0 Å². The van der Waals surface area contributed by atoms with Gasteiger partial charge in [0.2, 0.25) is 0 Å². The molecule has 0 spiro atoms. The van der Waals surface area contributed by atoms with Crippen molar-refractivity contribution in [3.8, 4) is 0 Å². The summed E-state index contributed by atoms with van der Waals surface area (Å²) in [6, 6.07) is 9.55. The molecule has 6 heteroatoms. The smallest absolute Gasteiger partial charge is 0.333 e. The largest absolute Gasteiger partial charge is 0.478 e. The van der Waals surface area contributed by atoms with Gasteiger partial charge in [0.25, 0.3) is 0 Å². The van der Waals surface area contributed by atoms with Crippen LogP contribution in [0.4, 0.5) is 0 Å². The van der Waals surface area contributed by atoms with E-state index >= 15 is 0 Å². The summed E-state index contributed by atoms with van der Waals surface area (Å²) in [6.45, 7) is 12.8. The zero-order valence-electron chi connectivity index (χ0n) is 17.4. The first-order valence-electron chi connectivity index (χ1n) is 9.30. The molecule has 6 nitrogen and oxygen atoms in total. The minimum Gasteiger partial charge on any atom is -0.478 e. The second kappa shape index (κ2) is 14.9. The lowest BCUT2D eigenvalue weighted by molar-refractivity contribution is -0.140. The van der Waals surface area contributed by atoms with E-state index in [9.17, 15) is 14.4 Å². The maximum atomic E-state index is 11.3. The van der Waals surface area contributed by atoms with Crippen LogP contribution in [0.5, 0.6) is 0 Å². The molecule has 0 unspecified atom stereocenters. The van der Waals surface area contributed by atoms with E-state index in [0.29, 0.717) is 18.8 Å². The van der Waals surface area contributed by atoms with Gasteiger partial charge in [0.15, 0.2) is 0 Å². The van der Waals surface area contributed by atoms with Gasteiger partial charge < -0.3 is 14.6 Å². The van der Waals surface area contributed by atoms with Gasteiger partial charge in [-0.25, -0.2) is 14.4 Å². The third-order valence-electron chi connectivity index (χ3n) is 3.57. The molecule has 0 heterocycles. The fourth-order valence-corrected chi connectivity index (χ4v) is 1.70. The minimum absolute atomic E-state index is 0.197. The molecule has 1 aromatic carbocycles. The van der Waals surface area contributed by atoms with Gasteiger partial charge in [-0.2, -0.15) is 0 Å². The Balaban J connectivity index is 0.000000551. The van der Waals surface area contributed by atoms with Crippen LogP contribution in [0.25, 0.3) is 0 Å². The third-order valence-corrected chi connectivity index (χ3v) is 3.57. The van der Waals surface area contributed by atoms with Crippen LogP contribution in [0.15, 0.2) is 66.3 Å². The average Bonchev–Trinajstić information content (AvgIpc) is 2.70.